The molecule has 0 bridgehead atoms. The lowest BCUT2D eigenvalue weighted by atomic mass is 10.2. The van der Waals surface area contributed by atoms with E-state index in [9.17, 15) is 9.59 Å². The van der Waals surface area contributed by atoms with E-state index in [1.165, 1.54) is 23.8 Å². The van der Waals surface area contributed by atoms with Crippen LogP contribution >= 0.6 is 11.8 Å². The van der Waals surface area contributed by atoms with Crippen LogP contribution in [0.15, 0.2) is 41.6 Å². The number of ether oxygens (including phenoxy) is 1. The zero-order valence-corrected chi connectivity index (χ0v) is 12.7. The van der Waals surface area contributed by atoms with E-state index >= 15 is 0 Å². The van der Waals surface area contributed by atoms with E-state index in [0.29, 0.717) is 11.4 Å². The topological polar surface area (TPSA) is 71.8 Å². The average Bonchev–Trinajstić information content (AvgIpc) is 2.96. The first-order chi connectivity index (χ1) is 10.6. The summed E-state index contributed by atoms with van der Waals surface area (Å²) in [4.78, 5) is 24.8. The maximum Gasteiger partial charge on any atom is 0.323 e. The second kappa shape index (κ2) is 5.76. The van der Waals surface area contributed by atoms with Gasteiger partial charge in [-0.3, -0.25) is 14.5 Å². The van der Waals surface area contributed by atoms with Crippen molar-refractivity contribution in [2.45, 2.75) is 5.03 Å². The summed E-state index contributed by atoms with van der Waals surface area (Å²) in [7, 11) is 1.53. The minimum atomic E-state index is -1.06. The molecule has 1 aliphatic rings. The molecule has 0 fully saturated rings. The monoisotopic (exact) mass is 318 g/mol. The van der Waals surface area contributed by atoms with Crippen LogP contribution in [0.1, 0.15) is 0 Å². The van der Waals surface area contributed by atoms with Gasteiger partial charge in [-0.25, -0.2) is 0 Å². The van der Waals surface area contributed by atoms with Crippen molar-refractivity contribution in [3.8, 4) is 11.4 Å². The molecule has 0 unspecified atom stereocenters. The van der Waals surface area contributed by atoms with Gasteiger partial charge in [-0.2, -0.15) is 0 Å². The molecule has 1 aromatic carbocycles. The second-order valence-corrected chi connectivity index (χ2v) is 5.73. The van der Waals surface area contributed by atoms with Crippen molar-refractivity contribution in [1.82, 2.24) is 4.57 Å². The van der Waals surface area contributed by atoms with E-state index in [2.05, 4.69) is 0 Å². The van der Waals surface area contributed by atoms with Crippen molar-refractivity contribution in [1.29, 1.82) is 0 Å². The number of carbonyl (C=O) groups excluding carboxylic acids is 1. The van der Waals surface area contributed by atoms with Crippen LogP contribution in [0.25, 0.3) is 5.69 Å². The number of rotatable bonds is 3. The van der Waals surface area contributed by atoms with Crippen LogP contribution in [0.2, 0.25) is 0 Å². The number of hydrogen-bond donors (Lipinski definition) is 1. The lowest BCUT2D eigenvalue weighted by molar-refractivity contribution is -0.136. The summed E-state index contributed by atoms with van der Waals surface area (Å²) in [5.41, 5.74) is 1.28. The Kier molecular flexibility index (Phi) is 3.81. The molecule has 1 aliphatic heterocycles. The van der Waals surface area contributed by atoms with Gasteiger partial charge in [-0.1, -0.05) is 11.8 Å². The number of amides is 1. The molecule has 0 saturated heterocycles. The standard InChI is InChI=1S/C15H14N2O4S/c1-21-10-4-5-11-12(7-10)17(8-15(19)20)13(18)9-22-14-3-2-6-16(11)14/h2-7H,8-9H2,1H3,(H,19,20). The number of aromatic nitrogens is 1. The molecular formula is C15H14N2O4S. The third-order valence-corrected chi connectivity index (χ3v) is 4.40. The Morgan fingerprint density at radius 2 is 2.18 bits per heavy atom. The van der Waals surface area contributed by atoms with Crippen LogP contribution in [-0.2, 0) is 9.59 Å². The third kappa shape index (κ3) is 2.55. The molecule has 2 aromatic rings. The van der Waals surface area contributed by atoms with Gasteiger partial charge in [0, 0.05) is 12.3 Å². The molecular weight excluding hydrogens is 304 g/mol. The third-order valence-electron chi connectivity index (χ3n) is 3.38. The number of fused-ring (bicyclic) bond motifs is 3. The van der Waals surface area contributed by atoms with E-state index in [-0.39, 0.29) is 18.2 Å². The summed E-state index contributed by atoms with van der Waals surface area (Å²) in [6.45, 7) is -0.379. The first-order valence-corrected chi connectivity index (χ1v) is 7.59. The summed E-state index contributed by atoms with van der Waals surface area (Å²) in [6, 6.07) is 9.13. The SMILES string of the molecule is COc1ccc2c(c1)N(CC(=O)O)C(=O)CSc1cccn1-2. The lowest BCUT2D eigenvalue weighted by Crippen LogP contribution is -2.38. The molecule has 1 amide bonds. The minimum absolute atomic E-state index is 0.188. The Labute approximate surface area is 131 Å². The molecule has 1 aromatic heterocycles. The zero-order valence-electron chi connectivity index (χ0n) is 11.9. The van der Waals surface area contributed by atoms with Gasteiger partial charge in [0.05, 0.1) is 29.3 Å². The van der Waals surface area contributed by atoms with Crippen LogP contribution in [0.3, 0.4) is 0 Å². The number of methoxy groups -OCH3 is 1. The number of aliphatic carboxylic acids is 1. The van der Waals surface area contributed by atoms with Crippen LogP contribution in [0.5, 0.6) is 5.75 Å². The van der Waals surface area contributed by atoms with Crippen molar-refractivity contribution in [2.24, 2.45) is 0 Å². The number of benzene rings is 1. The van der Waals surface area contributed by atoms with Crippen molar-refractivity contribution >= 4 is 29.3 Å². The highest BCUT2D eigenvalue weighted by atomic mass is 32.2. The summed E-state index contributed by atoms with van der Waals surface area (Å²) >= 11 is 1.39. The molecule has 0 radical (unpaired) electrons. The fourth-order valence-corrected chi connectivity index (χ4v) is 3.29. The fraction of sp³-hybridized carbons (Fsp3) is 0.200. The Balaban J connectivity index is 2.21. The highest BCUT2D eigenvalue weighted by Crippen LogP contribution is 2.35. The van der Waals surface area contributed by atoms with Gasteiger partial charge in [-0.15, -0.1) is 0 Å². The van der Waals surface area contributed by atoms with Crippen molar-refractivity contribution in [3.63, 3.8) is 0 Å². The van der Waals surface area contributed by atoms with E-state index in [1.54, 1.807) is 12.1 Å². The van der Waals surface area contributed by atoms with Crippen molar-refractivity contribution in [2.75, 3.05) is 24.3 Å². The fourth-order valence-electron chi connectivity index (χ4n) is 2.39. The molecule has 22 heavy (non-hydrogen) atoms. The van der Waals surface area contributed by atoms with Gasteiger partial charge in [0.15, 0.2) is 0 Å². The molecule has 0 atom stereocenters. The highest BCUT2D eigenvalue weighted by molar-refractivity contribution is 7.99. The van der Waals surface area contributed by atoms with Gasteiger partial charge in [-0.05, 0) is 24.3 Å². The Bertz CT molecular complexity index is 741. The Morgan fingerprint density at radius 1 is 1.36 bits per heavy atom. The second-order valence-electron chi connectivity index (χ2n) is 4.73. The van der Waals surface area contributed by atoms with E-state index in [4.69, 9.17) is 9.84 Å². The maximum absolute atomic E-state index is 12.4. The number of nitrogens with zero attached hydrogens (tertiary/aromatic N) is 2. The van der Waals surface area contributed by atoms with E-state index in [0.717, 1.165) is 10.7 Å². The van der Waals surface area contributed by atoms with Crippen molar-refractivity contribution in [3.05, 3.63) is 36.5 Å². The van der Waals surface area contributed by atoms with Gasteiger partial charge in [0.25, 0.3) is 0 Å². The number of carboxylic acids is 1. The smallest absolute Gasteiger partial charge is 0.323 e. The molecule has 0 saturated carbocycles. The molecule has 2 heterocycles. The molecule has 7 heteroatoms. The summed E-state index contributed by atoms with van der Waals surface area (Å²) in [5, 5.41) is 10.1. The van der Waals surface area contributed by atoms with Crippen LogP contribution in [0.4, 0.5) is 5.69 Å². The minimum Gasteiger partial charge on any atom is -0.497 e. The molecule has 0 spiro atoms. The first kappa shape index (κ1) is 14.5. The number of carbonyl (C=O) groups is 2. The van der Waals surface area contributed by atoms with Gasteiger partial charge in [0.2, 0.25) is 5.91 Å². The quantitative estimate of drug-likeness (QED) is 0.937. The maximum atomic E-state index is 12.4. The van der Waals surface area contributed by atoms with Crippen LogP contribution in [0, 0.1) is 0 Å². The Hall–Kier alpha value is -2.41. The summed E-state index contributed by atoms with van der Waals surface area (Å²) in [6.07, 6.45) is 1.89. The Morgan fingerprint density at radius 3 is 2.91 bits per heavy atom. The normalized spacial score (nSPS) is 13.9. The molecule has 1 N–H and O–H groups in total. The molecule has 3 rings (SSSR count). The number of anilines is 1. The first-order valence-electron chi connectivity index (χ1n) is 6.61. The van der Waals surface area contributed by atoms with E-state index in [1.807, 2.05) is 29.0 Å². The highest BCUT2D eigenvalue weighted by Gasteiger charge is 2.26. The van der Waals surface area contributed by atoms with Gasteiger partial charge in [0.1, 0.15) is 12.3 Å². The molecule has 0 aliphatic carbocycles. The predicted molar refractivity (Wildman–Crippen MR) is 83.0 cm³/mol. The zero-order chi connectivity index (χ0) is 15.7. The van der Waals surface area contributed by atoms with Crippen molar-refractivity contribution < 1.29 is 19.4 Å². The number of thioether (sulfide) groups is 1. The van der Waals surface area contributed by atoms with Crippen LogP contribution in [-0.4, -0.2) is 41.0 Å². The molecule has 114 valence electrons. The number of carboxylic acid groups (broad SMARTS) is 1. The van der Waals surface area contributed by atoms with Gasteiger partial charge >= 0.3 is 5.97 Å². The summed E-state index contributed by atoms with van der Waals surface area (Å²) < 4.78 is 7.16. The lowest BCUT2D eigenvalue weighted by Gasteiger charge is -2.27. The van der Waals surface area contributed by atoms with Gasteiger partial charge < -0.3 is 14.4 Å². The number of hydrogen-bond acceptors (Lipinski definition) is 4. The van der Waals surface area contributed by atoms with Crippen LogP contribution < -0.4 is 9.64 Å². The summed E-state index contributed by atoms with van der Waals surface area (Å²) in [5.74, 6) is -0.535. The molecule has 6 nitrogen and oxygen atoms in total. The predicted octanol–water partition coefficient (Wildman–Crippen LogP) is 2.01. The largest absolute Gasteiger partial charge is 0.497 e. The van der Waals surface area contributed by atoms with E-state index < -0.39 is 5.97 Å². The average molecular weight is 318 g/mol.